The number of carboxylic acid groups (broad SMARTS) is 1. The van der Waals surface area contributed by atoms with Gasteiger partial charge in [0.15, 0.2) is 0 Å². The second kappa shape index (κ2) is 8.65. The van der Waals surface area contributed by atoms with Crippen LogP contribution in [-0.4, -0.2) is 46.6 Å². The molecule has 4 N–H and O–H groups in total. The lowest BCUT2D eigenvalue weighted by atomic mass is 10.1. The van der Waals surface area contributed by atoms with Gasteiger partial charge in [-0.15, -0.1) is 0 Å². The Morgan fingerprint density at radius 2 is 2.10 bits per heavy atom. The molecular formula is C21H28N4O4. The minimum absolute atomic E-state index is 0.0313. The Labute approximate surface area is 169 Å². The highest BCUT2D eigenvalue weighted by atomic mass is 16.4. The average Bonchev–Trinajstić information content (AvgIpc) is 3.16. The summed E-state index contributed by atoms with van der Waals surface area (Å²) in [5.74, 6) is -1.33. The summed E-state index contributed by atoms with van der Waals surface area (Å²) in [5, 5.41) is 12.3. The topological polar surface area (TPSA) is 117 Å². The second-order valence-corrected chi connectivity index (χ2v) is 7.52. The Morgan fingerprint density at radius 1 is 1.34 bits per heavy atom. The Kier molecular flexibility index (Phi) is 6.22. The molecule has 1 saturated heterocycles. The molecule has 0 aliphatic carbocycles. The molecule has 2 atom stereocenters. The number of aromatic carboxylic acids is 1. The van der Waals surface area contributed by atoms with Crippen molar-refractivity contribution in [1.29, 1.82) is 0 Å². The maximum atomic E-state index is 12.5. The van der Waals surface area contributed by atoms with Gasteiger partial charge in [0, 0.05) is 31.0 Å². The lowest BCUT2D eigenvalue weighted by Crippen LogP contribution is -2.46. The number of pyridine rings is 2. The molecule has 8 heteroatoms. The molecule has 156 valence electrons. The molecule has 1 amide bonds. The van der Waals surface area contributed by atoms with Gasteiger partial charge in [-0.2, -0.15) is 0 Å². The van der Waals surface area contributed by atoms with Gasteiger partial charge in [-0.1, -0.05) is 20.3 Å². The summed E-state index contributed by atoms with van der Waals surface area (Å²) >= 11 is 0. The zero-order chi connectivity index (χ0) is 21.1. The third kappa shape index (κ3) is 4.27. The fraction of sp³-hybridized carbons (Fsp3) is 0.476. The van der Waals surface area contributed by atoms with Crippen LogP contribution in [0.15, 0.2) is 29.2 Å². The monoisotopic (exact) mass is 400 g/mol. The molecular weight excluding hydrogens is 372 g/mol. The van der Waals surface area contributed by atoms with E-state index in [1.807, 2.05) is 26.0 Å². The van der Waals surface area contributed by atoms with Crippen LogP contribution in [0.2, 0.25) is 0 Å². The number of anilines is 1. The van der Waals surface area contributed by atoms with E-state index in [9.17, 15) is 19.5 Å². The van der Waals surface area contributed by atoms with E-state index in [1.54, 1.807) is 6.20 Å². The lowest BCUT2D eigenvalue weighted by molar-refractivity contribution is -0.123. The number of nitrogens with one attached hydrogen (secondary N) is 1. The van der Waals surface area contributed by atoms with E-state index in [4.69, 9.17) is 5.73 Å². The van der Waals surface area contributed by atoms with E-state index in [-0.39, 0.29) is 17.5 Å². The van der Waals surface area contributed by atoms with Gasteiger partial charge in [-0.25, -0.2) is 4.79 Å². The largest absolute Gasteiger partial charge is 0.477 e. The second-order valence-electron chi connectivity index (χ2n) is 7.52. The zero-order valence-electron chi connectivity index (χ0n) is 16.9. The number of carboxylic acids is 1. The molecule has 0 saturated carbocycles. The summed E-state index contributed by atoms with van der Waals surface area (Å²) in [4.78, 5) is 38.2. The third-order valence-electron chi connectivity index (χ3n) is 5.48. The number of hydrogen-bond acceptors (Lipinski definition) is 5. The average molecular weight is 400 g/mol. The third-order valence-corrected chi connectivity index (χ3v) is 5.48. The summed E-state index contributed by atoms with van der Waals surface area (Å²) < 4.78 is 1.39. The van der Waals surface area contributed by atoms with E-state index in [1.165, 1.54) is 10.5 Å². The van der Waals surface area contributed by atoms with Gasteiger partial charge in [0.25, 0.3) is 5.56 Å². The fourth-order valence-corrected chi connectivity index (χ4v) is 3.85. The van der Waals surface area contributed by atoms with Crippen molar-refractivity contribution < 1.29 is 14.7 Å². The molecule has 29 heavy (non-hydrogen) atoms. The van der Waals surface area contributed by atoms with Crippen LogP contribution >= 0.6 is 0 Å². The molecule has 0 radical (unpaired) electrons. The van der Waals surface area contributed by atoms with Crippen molar-refractivity contribution in [1.82, 2.24) is 9.72 Å². The molecule has 1 unspecified atom stereocenters. The molecule has 0 bridgehead atoms. The van der Waals surface area contributed by atoms with E-state index in [2.05, 4.69) is 10.2 Å². The van der Waals surface area contributed by atoms with Crippen molar-refractivity contribution in [3.05, 3.63) is 45.9 Å². The van der Waals surface area contributed by atoms with Crippen molar-refractivity contribution in [3.8, 4) is 0 Å². The molecule has 1 aliphatic rings. The van der Waals surface area contributed by atoms with Gasteiger partial charge < -0.3 is 21.1 Å². The minimum atomic E-state index is -1.22. The number of amides is 1. The Bertz CT molecular complexity index is 985. The number of hydrogen-bond donors (Lipinski definition) is 3. The number of fused-ring (bicyclic) bond motifs is 1. The van der Waals surface area contributed by atoms with Crippen LogP contribution < -0.4 is 21.5 Å². The van der Waals surface area contributed by atoms with Crippen molar-refractivity contribution in [3.63, 3.8) is 0 Å². The van der Waals surface area contributed by atoms with E-state index < -0.39 is 17.6 Å². The van der Waals surface area contributed by atoms with Crippen LogP contribution in [0.4, 0.5) is 5.69 Å². The number of carbonyl (C=O) groups is 2. The van der Waals surface area contributed by atoms with Crippen molar-refractivity contribution in [2.24, 2.45) is 5.73 Å². The summed E-state index contributed by atoms with van der Waals surface area (Å²) in [6.45, 7) is 5.38. The van der Waals surface area contributed by atoms with Crippen LogP contribution in [0, 0.1) is 0 Å². The van der Waals surface area contributed by atoms with Gasteiger partial charge in [-0.05, 0) is 43.0 Å². The predicted octanol–water partition coefficient (Wildman–Crippen LogP) is 1.38. The highest BCUT2D eigenvalue weighted by Crippen LogP contribution is 2.24. The zero-order valence-corrected chi connectivity index (χ0v) is 16.9. The van der Waals surface area contributed by atoms with Crippen molar-refractivity contribution in [2.45, 2.75) is 51.6 Å². The van der Waals surface area contributed by atoms with Crippen molar-refractivity contribution >= 4 is 23.1 Å². The molecule has 1 aliphatic heterocycles. The smallest absolute Gasteiger partial charge is 0.341 e. The summed E-state index contributed by atoms with van der Waals surface area (Å²) in [5.41, 5.74) is 7.59. The maximum absolute atomic E-state index is 12.5. The Morgan fingerprint density at radius 3 is 2.76 bits per heavy atom. The number of nitrogens with zero attached hydrogens (tertiary/aromatic N) is 2. The number of rotatable bonds is 7. The molecule has 3 rings (SSSR count). The molecule has 2 aromatic rings. The fourth-order valence-electron chi connectivity index (χ4n) is 3.85. The number of nitrogens with two attached hydrogens (primary N) is 1. The first-order chi connectivity index (χ1) is 13.8. The van der Waals surface area contributed by atoms with Gasteiger partial charge in [0.05, 0.1) is 11.6 Å². The molecule has 0 spiro atoms. The minimum Gasteiger partial charge on any atom is -0.477 e. The van der Waals surface area contributed by atoms with Crippen molar-refractivity contribution in [2.75, 3.05) is 18.0 Å². The molecule has 8 nitrogen and oxygen atoms in total. The number of aromatic nitrogens is 1. The van der Waals surface area contributed by atoms with E-state index >= 15 is 0 Å². The quantitative estimate of drug-likeness (QED) is 0.646. The van der Waals surface area contributed by atoms with Crippen LogP contribution in [0.1, 0.15) is 49.0 Å². The van der Waals surface area contributed by atoms with Crippen LogP contribution in [0.3, 0.4) is 0 Å². The van der Waals surface area contributed by atoms with Gasteiger partial charge in [0.1, 0.15) is 5.56 Å². The van der Waals surface area contributed by atoms with Gasteiger partial charge in [0.2, 0.25) is 5.91 Å². The molecule has 1 fully saturated rings. The highest BCUT2D eigenvalue weighted by molar-refractivity contribution is 5.88. The van der Waals surface area contributed by atoms with E-state index in [0.717, 1.165) is 30.6 Å². The first-order valence-electron chi connectivity index (χ1n) is 10.1. The molecule has 0 aromatic carbocycles. The summed E-state index contributed by atoms with van der Waals surface area (Å²) in [7, 11) is 0. The van der Waals surface area contributed by atoms with Crippen LogP contribution in [0.5, 0.6) is 0 Å². The van der Waals surface area contributed by atoms with Gasteiger partial charge in [-0.3, -0.25) is 14.0 Å². The van der Waals surface area contributed by atoms with Gasteiger partial charge >= 0.3 is 5.97 Å². The Balaban J connectivity index is 1.83. The predicted molar refractivity (Wildman–Crippen MR) is 112 cm³/mol. The maximum Gasteiger partial charge on any atom is 0.341 e. The summed E-state index contributed by atoms with van der Waals surface area (Å²) in [6.07, 6.45) is 4.59. The number of aryl methyl sites for hydroxylation is 1. The Hall–Kier alpha value is -2.87. The highest BCUT2D eigenvalue weighted by Gasteiger charge is 2.26. The standard InChI is InChI=1S/C21H28N4O4/c1-3-5-17(22)19(26)23-14-6-8-24(12-14)15-7-9-25-18(11-15)13(4-2)10-16(20(25)27)21(28)29/h7,9-11,14,17H,3-6,8,12,22H2,1-2H3,(H,23,26)(H,28,29)/t14?,17-/m0/s1. The first kappa shape index (κ1) is 20.9. The molecule has 2 aromatic heterocycles. The summed E-state index contributed by atoms with van der Waals surface area (Å²) in [6, 6.07) is 4.75. The number of carbonyl (C=O) groups excluding carboxylic acids is 1. The van der Waals surface area contributed by atoms with Crippen LogP contribution in [-0.2, 0) is 11.2 Å². The lowest BCUT2D eigenvalue weighted by Gasteiger charge is -2.21. The normalized spacial score (nSPS) is 17.5. The van der Waals surface area contributed by atoms with Crippen LogP contribution in [0.25, 0.3) is 5.52 Å². The van der Waals surface area contributed by atoms with E-state index in [0.29, 0.717) is 24.9 Å². The SMILES string of the molecule is CCC[C@H](N)C(=O)NC1CCN(c2ccn3c(=O)c(C(=O)O)cc(CC)c3c2)C1. The molecule has 3 heterocycles. The first-order valence-corrected chi connectivity index (χ1v) is 10.1.